The molecule has 17 nitrogen and oxygen atoms in total. The monoisotopic (exact) mass is 1410 g/mol. The van der Waals surface area contributed by atoms with Gasteiger partial charge in [-0.2, -0.15) is 0 Å². The largest absolute Gasteiger partial charge is 0.472 e. The van der Waals surface area contributed by atoms with Crippen molar-refractivity contribution in [3.8, 4) is 0 Å². The summed E-state index contributed by atoms with van der Waals surface area (Å²) in [5, 5.41) is 10.6. The Hall–Kier alpha value is -5.06. The maximum Gasteiger partial charge on any atom is 0.472 e. The van der Waals surface area contributed by atoms with Gasteiger partial charge >= 0.3 is 39.5 Å². The van der Waals surface area contributed by atoms with E-state index in [1.807, 2.05) is 18.2 Å². The van der Waals surface area contributed by atoms with Gasteiger partial charge in [0, 0.05) is 19.3 Å². The SMILES string of the molecule is CC/C=C\C/C=C\C/C=C\C/C=C\C/C=C\CC(=O)OCC(COP(=O)(O)OCC(O)COP(=O)(O)OCC(COC(=O)CCCCCCCCC/C=C\C/C=C\C/C=C\CC)OC(=O)CCCCCCC/C=C\CCCC)OC(=O)CCCCCCC/C=C\C/C=C\C/C=C\CC. The van der Waals surface area contributed by atoms with Crippen LogP contribution in [0.3, 0.4) is 0 Å². The highest BCUT2D eigenvalue weighted by molar-refractivity contribution is 7.47. The fraction of sp³-hybridized carbons (Fsp3) is 0.646. The summed E-state index contributed by atoms with van der Waals surface area (Å²) in [7, 11) is -9.99. The first-order chi connectivity index (χ1) is 47.7. The van der Waals surface area contributed by atoms with Crippen LogP contribution in [0.4, 0.5) is 0 Å². The number of ether oxygens (including phenoxy) is 4. The lowest BCUT2D eigenvalue weighted by Crippen LogP contribution is -2.30. The van der Waals surface area contributed by atoms with E-state index < -0.39 is 97.5 Å². The molecule has 0 spiro atoms. The van der Waals surface area contributed by atoms with Gasteiger partial charge < -0.3 is 33.8 Å². The second-order valence-corrected chi connectivity index (χ2v) is 27.0. The highest BCUT2D eigenvalue weighted by Gasteiger charge is 2.30. The molecule has 0 rings (SSSR count). The van der Waals surface area contributed by atoms with Crippen molar-refractivity contribution in [2.75, 3.05) is 39.6 Å². The van der Waals surface area contributed by atoms with Gasteiger partial charge in [-0.25, -0.2) is 9.13 Å². The number of aliphatic hydroxyl groups excluding tert-OH is 1. The Kier molecular flexibility index (Phi) is 66.7. The van der Waals surface area contributed by atoms with Crippen LogP contribution in [0, 0.1) is 0 Å². The standard InChI is InChI=1S/C79H130O17P2/c1-5-9-13-17-21-25-29-32-35-36-39-41-45-48-52-56-60-64-77(82)89-69-74(95-78(83)65-61-57-53-49-43-28-24-20-16-12-8-4)71-93-97(85,86)91-67-73(80)68-92-98(87,88)94-72-75(96-79(84)66-62-58-54-50-46-42-38-34-31-27-23-19-15-11-7-3)70-90-76(81)63-59-55-51-47-44-40-37-33-30-26-22-18-14-10-6-2/h9-11,13-15,20-27,32-35,37-38,44,47,55,59,73-75,80H,5-8,12,16-19,28-31,36,39-43,45-46,48-54,56-58,60-72H2,1-4H3,(H,85,86)(H,87,88)/b13-9-,14-10-,15-11-,24-20-,25-21-,26-22-,27-23-,35-32-,37-33-,38-34-,47-44-,59-55-. The molecule has 0 radical (unpaired) electrons. The molecule has 19 heteroatoms. The van der Waals surface area contributed by atoms with E-state index in [0.29, 0.717) is 25.7 Å². The second kappa shape index (κ2) is 70.4. The van der Waals surface area contributed by atoms with Gasteiger partial charge in [0.15, 0.2) is 12.2 Å². The molecule has 0 bridgehead atoms. The van der Waals surface area contributed by atoms with E-state index in [9.17, 15) is 43.2 Å². The molecule has 5 atom stereocenters. The van der Waals surface area contributed by atoms with Gasteiger partial charge in [-0.15, -0.1) is 0 Å². The van der Waals surface area contributed by atoms with E-state index in [1.165, 1.54) is 12.8 Å². The summed E-state index contributed by atoms with van der Waals surface area (Å²) < 4.78 is 68.2. The van der Waals surface area contributed by atoms with E-state index in [0.717, 1.165) is 180 Å². The van der Waals surface area contributed by atoms with Crippen LogP contribution in [0.2, 0.25) is 0 Å². The van der Waals surface area contributed by atoms with Crippen molar-refractivity contribution < 1.29 is 80.2 Å². The first-order valence-corrected chi connectivity index (χ1v) is 40.1. The number of phosphoric acid groups is 2. The molecule has 0 amide bonds. The lowest BCUT2D eigenvalue weighted by Gasteiger charge is -2.21. The summed E-state index contributed by atoms with van der Waals surface area (Å²) in [5.74, 6) is -2.37. The Balaban J connectivity index is 5.42. The summed E-state index contributed by atoms with van der Waals surface area (Å²) in [5.41, 5.74) is 0. The fourth-order valence-corrected chi connectivity index (χ4v) is 10.8. The summed E-state index contributed by atoms with van der Waals surface area (Å²) >= 11 is 0. The van der Waals surface area contributed by atoms with Crippen molar-refractivity contribution in [1.29, 1.82) is 0 Å². The lowest BCUT2D eigenvalue weighted by atomic mass is 10.1. The number of hydrogen-bond donors (Lipinski definition) is 3. The normalized spacial score (nSPS) is 14.8. The summed E-state index contributed by atoms with van der Waals surface area (Å²) in [4.78, 5) is 72.7. The summed E-state index contributed by atoms with van der Waals surface area (Å²) in [6.45, 7) is 4.32. The number of aliphatic hydroxyl groups is 1. The van der Waals surface area contributed by atoms with Gasteiger partial charge in [0.25, 0.3) is 0 Å². The van der Waals surface area contributed by atoms with Crippen molar-refractivity contribution in [3.05, 3.63) is 146 Å². The third-order valence-electron chi connectivity index (χ3n) is 14.8. The molecule has 0 saturated carbocycles. The van der Waals surface area contributed by atoms with Crippen LogP contribution < -0.4 is 0 Å². The third kappa shape index (κ3) is 69.4. The van der Waals surface area contributed by atoms with Crippen LogP contribution in [-0.4, -0.2) is 96.7 Å². The van der Waals surface area contributed by atoms with Crippen LogP contribution in [0.15, 0.2) is 146 Å². The quantitative estimate of drug-likeness (QED) is 0.0169. The molecule has 98 heavy (non-hydrogen) atoms. The average Bonchev–Trinajstić information content (AvgIpc) is 0.982. The van der Waals surface area contributed by atoms with Crippen LogP contribution in [0.25, 0.3) is 0 Å². The minimum Gasteiger partial charge on any atom is -0.462 e. The number of allylic oxidation sites excluding steroid dienone is 23. The zero-order valence-electron chi connectivity index (χ0n) is 60.7. The summed E-state index contributed by atoms with van der Waals surface area (Å²) in [6, 6.07) is 0. The van der Waals surface area contributed by atoms with Crippen molar-refractivity contribution in [3.63, 3.8) is 0 Å². The molecular weight excluding hydrogens is 1280 g/mol. The smallest absolute Gasteiger partial charge is 0.462 e. The summed E-state index contributed by atoms with van der Waals surface area (Å²) in [6.07, 6.45) is 78.8. The minimum absolute atomic E-state index is 0.0517. The van der Waals surface area contributed by atoms with Gasteiger partial charge in [0.05, 0.1) is 32.8 Å². The maximum atomic E-state index is 13.1. The first-order valence-electron chi connectivity index (χ1n) is 37.1. The molecule has 5 unspecified atom stereocenters. The number of phosphoric ester groups is 2. The third-order valence-corrected chi connectivity index (χ3v) is 16.7. The zero-order chi connectivity index (χ0) is 71.8. The molecule has 0 aliphatic heterocycles. The van der Waals surface area contributed by atoms with E-state index in [2.05, 4.69) is 149 Å². The van der Waals surface area contributed by atoms with Gasteiger partial charge in [0.1, 0.15) is 19.3 Å². The lowest BCUT2D eigenvalue weighted by molar-refractivity contribution is -0.161. The Labute approximate surface area is 592 Å². The molecule has 0 aromatic rings. The molecule has 0 heterocycles. The highest BCUT2D eigenvalue weighted by Crippen LogP contribution is 2.45. The van der Waals surface area contributed by atoms with Gasteiger partial charge in [0.2, 0.25) is 0 Å². The molecule has 558 valence electrons. The molecule has 0 aromatic heterocycles. The fourth-order valence-electron chi connectivity index (χ4n) is 9.24. The number of esters is 4. The van der Waals surface area contributed by atoms with Gasteiger partial charge in [-0.05, 0) is 135 Å². The molecule has 0 aliphatic carbocycles. The molecular formula is C79H130O17P2. The van der Waals surface area contributed by atoms with Crippen LogP contribution in [-0.2, 0) is 65.4 Å². The Morgan fingerprint density at radius 1 is 0.306 bits per heavy atom. The average molecular weight is 1410 g/mol. The topological polar surface area (TPSA) is 237 Å². The van der Waals surface area contributed by atoms with Crippen LogP contribution >= 0.6 is 15.6 Å². The number of carbonyl (C=O) groups is 4. The molecule has 0 fully saturated rings. The Morgan fingerprint density at radius 3 is 0.918 bits per heavy atom. The predicted molar refractivity (Wildman–Crippen MR) is 399 cm³/mol. The molecule has 0 saturated heterocycles. The van der Waals surface area contributed by atoms with Gasteiger partial charge in [-0.1, -0.05) is 257 Å². The predicted octanol–water partition coefficient (Wildman–Crippen LogP) is 21.1. The number of unbranched alkanes of at least 4 members (excludes halogenated alkanes) is 19. The number of hydrogen-bond acceptors (Lipinski definition) is 15. The number of rotatable bonds is 68. The van der Waals surface area contributed by atoms with E-state index in [4.69, 9.17) is 37.0 Å². The van der Waals surface area contributed by atoms with E-state index >= 15 is 0 Å². The zero-order valence-corrected chi connectivity index (χ0v) is 62.4. The maximum absolute atomic E-state index is 13.1. The van der Waals surface area contributed by atoms with Crippen molar-refractivity contribution in [2.24, 2.45) is 0 Å². The van der Waals surface area contributed by atoms with E-state index in [1.54, 1.807) is 6.08 Å². The highest BCUT2D eigenvalue weighted by atomic mass is 31.2. The van der Waals surface area contributed by atoms with Crippen LogP contribution in [0.1, 0.15) is 272 Å². The Bertz CT molecular complexity index is 2430. The molecule has 0 aliphatic rings. The first kappa shape index (κ1) is 92.9. The van der Waals surface area contributed by atoms with Crippen LogP contribution in [0.5, 0.6) is 0 Å². The van der Waals surface area contributed by atoms with Crippen molar-refractivity contribution in [1.82, 2.24) is 0 Å². The minimum atomic E-state index is -5.00. The molecule has 3 N–H and O–H groups in total. The second-order valence-electron chi connectivity index (χ2n) is 24.1. The van der Waals surface area contributed by atoms with E-state index in [-0.39, 0.29) is 25.7 Å². The Morgan fingerprint density at radius 2 is 0.571 bits per heavy atom. The van der Waals surface area contributed by atoms with Crippen molar-refractivity contribution in [2.45, 2.75) is 290 Å². The van der Waals surface area contributed by atoms with Crippen molar-refractivity contribution >= 4 is 39.5 Å². The number of carbonyl (C=O) groups excluding carboxylic acids is 4. The van der Waals surface area contributed by atoms with Gasteiger partial charge in [-0.3, -0.25) is 37.3 Å². The molecule has 0 aromatic carbocycles.